The number of nitrogens with zero attached hydrogens (tertiary/aromatic N) is 1. The second kappa shape index (κ2) is 8.46. The third-order valence-electron chi connectivity index (χ3n) is 5.30. The van der Waals surface area contributed by atoms with Crippen molar-refractivity contribution < 1.29 is 9.53 Å². The van der Waals surface area contributed by atoms with Crippen LogP contribution in [0.3, 0.4) is 0 Å². The maximum absolute atomic E-state index is 12.7. The highest BCUT2D eigenvalue weighted by molar-refractivity contribution is 6.15. The average Bonchev–Trinajstić information content (AvgIpc) is 3.05. The van der Waals surface area contributed by atoms with Gasteiger partial charge in [0.05, 0.1) is 7.11 Å². The van der Waals surface area contributed by atoms with E-state index in [1.54, 1.807) is 7.11 Å². The van der Waals surface area contributed by atoms with Gasteiger partial charge in [-0.05, 0) is 47.5 Å². The van der Waals surface area contributed by atoms with E-state index in [4.69, 9.17) is 4.74 Å². The van der Waals surface area contributed by atoms with Gasteiger partial charge in [0.15, 0.2) is 5.78 Å². The van der Waals surface area contributed by atoms with Crippen LogP contribution in [0, 0.1) is 0 Å². The summed E-state index contributed by atoms with van der Waals surface area (Å²) in [6.45, 7) is 1.80. The van der Waals surface area contributed by atoms with Crippen molar-refractivity contribution in [2.24, 2.45) is 0 Å². The monoisotopic (exact) mass is 383 g/mol. The summed E-state index contributed by atoms with van der Waals surface area (Å²) in [5.41, 5.74) is 6.30. The first kappa shape index (κ1) is 19.2. The summed E-state index contributed by atoms with van der Waals surface area (Å²) in [6, 6.07) is 24.7. The van der Waals surface area contributed by atoms with E-state index >= 15 is 0 Å². The Labute approximate surface area is 172 Å². The van der Waals surface area contributed by atoms with Gasteiger partial charge in [0.1, 0.15) is 5.75 Å². The molecule has 0 spiro atoms. The van der Waals surface area contributed by atoms with Crippen LogP contribution in [0.5, 0.6) is 5.75 Å². The summed E-state index contributed by atoms with van der Waals surface area (Å²) < 4.78 is 5.25. The molecule has 0 N–H and O–H groups in total. The zero-order valence-corrected chi connectivity index (χ0v) is 16.9. The van der Waals surface area contributed by atoms with Gasteiger partial charge >= 0.3 is 0 Å². The summed E-state index contributed by atoms with van der Waals surface area (Å²) in [7, 11) is 3.75. The number of methoxy groups -OCH3 is 1. The van der Waals surface area contributed by atoms with Gasteiger partial charge in [-0.25, -0.2) is 0 Å². The molecule has 0 saturated heterocycles. The van der Waals surface area contributed by atoms with E-state index in [2.05, 4.69) is 60.5 Å². The molecular formula is C26H25NO2. The lowest BCUT2D eigenvalue weighted by Gasteiger charge is -2.17. The standard InChI is InChI=1S/C26H25NO2/c1-27(17-20-6-4-3-5-7-20)18-21-10-8-19(9-11-21)14-23-15-22-12-13-24(29-2)16-25(22)26(23)28/h3-14,16H,15,17-18H2,1-2H3/b23-14+. The Kier molecular flexibility index (Phi) is 5.59. The summed E-state index contributed by atoms with van der Waals surface area (Å²) in [6.07, 6.45) is 2.69. The highest BCUT2D eigenvalue weighted by Crippen LogP contribution is 2.30. The van der Waals surface area contributed by atoms with Gasteiger partial charge in [-0.1, -0.05) is 60.7 Å². The summed E-state index contributed by atoms with van der Waals surface area (Å²) in [5, 5.41) is 0. The Morgan fingerprint density at radius 3 is 2.31 bits per heavy atom. The molecule has 29 heavy (non-hydrogen) atoms. The topological polar surface area (TPSA) is 29.5 Å². The fraction of sp³-hybridized carbons (Fsp3) is 0.192. The minimum atomic E-state index is 0.102. The quantitative estimate of drug-likeness (QED) is 0.551. The minimum absolute atomic E-state index is 0.102. The fourth-order valence-electron chi connectivity index (χ4n) is 3.81. The molecule has 3 heteroatoms. The lowest BCUT2D eigenvalue weighted by Crippen LogP contribution is -2.17. The first-order valence-corrected chi connectivity index (χ1v) is 9.86. The van der Waals surface area contributed by atoms with Crippen molar-refractivity contribution in [3.05, 3.63) is 106 Å². The van der Waals surface area contributed by atoms with E-state index in [-0.39, 0.29) is 5.78 Å². The van der Waals surface area contributed by atoms with Crippen molar-refractivity contribution in [2.45, 2.75) is 19.5 Å². The maximum Gasteiger partial charge on any atom is 0.189 e. The molecule has 0 fully saturated rings. The normalized spacial score (nSPS) is 14.4. The van der Waals surface area contributed by atoms with E-state index in [9.17, 15) is 4.79 Å². The number of Topliss-reactive ketones (excluding diaryl/α,β-unsaturated/α-hetero) is 1. The largest absolute Gasteiger partial charge is 0.497 e. The highest BCUT2D eigenvalue weighted by atomic mass is 16.5. The van der Waals surface area contributed by atoms with E-state index < -0.39 is 0 Å². The van der Waals surface area contributed by atoms with Crippen molar-refractivity contribution in [1.82, 2.24) is 4.90 Å². The van der Waals surface area contributed by atoms with Crippen molar-refractivity contribution in [1.29, 1.82) is 0 Å². The van der Waals surface area contributed by atoms with Crippen molar-refractivity contribution in [3.63, 3.8) is 0 Å². The molecule has 4 rings (SSSR count). The van der Waals surface area contributed by atoms with Crippen molar-refractivity contribution in [3.8, 4) is 5.75 Å². The highest BCUT2D eigenvalue weighted by Gasteiger charge is 2.25. The molecular weight excluding hydrogens is 358 g/mol. The summed E-state index contributed by atoms with van der Waals surface area (Å²) >= 11 is 0. The Morgan fingerprint density at radius 2 is 1.62 bits per heavy atom. The van der Waals surface area contributed by atoms with Gasteiger partial charge in [-0.15, -0.1) is 0 Å². The van der Waals surface area contributed by atoms with E-state index in [0.717, 1.165) is 41.1 Å². The van der Waals surface area contributed by atoms with Crippen LogP contribution in [0.15, 0.2) is 78.4 Å². The molecule has 0 bridgehead atoms. The van der Waals surface area contributed by atoms with Crippen LogP contribution in [0.4, 0.5) is 0 Å². The second-order valence-corrected chi connectivity index (χ2v) is 7.60. The zero-order chi connectivity index (χ0) is 20.2. The molecule has 1 aliphatic carbocycles. The number of hydrogen-bond donors (Lipinski definition) is 0. The van der Waals surface area contributed by atoms with Crippen LogP contribution in [0.2, 0.25) is 0 Å². The number of rotatable bonds is 6. The molecule has 0 radical (unpaired) electrons. The van der Waals surface area contributed by atoms with Gasteiger partial charge in [0.2, 0.25) is 0 Å². The Bertz CT molecular complexity index is 1040. The third kappa shape index (κ3) is 4.47. The van der Waals surface area contributed by atoms with Crippen molar-refractivity contribution >= 4 is 11.9 Å². The average molecular weight is 383 g/mol. The lowest BCUT2D eigenvalue weighted by atomic mass is 10.1. The third-order valence-corrected chi connectivity index (χ3v) is 5.30. The van der Waals surface area contributed by atoms with Crippen LogP contribution in [0.25, 0.3) is 6.08 Å². The first-order valence-electron chi connectivity index (χ1n) is 9.86. The SMILES string of the molecule is COc1ccc2c(c1)C(=O)/C(=C/c1ccc(CN(C)Cc3ccccc3)cc1)C2. The van der Waals surface area contributed by atoms with E-state index in [1.807, 2.05) is 30.3 Å². The van der Waals surface area contributed by atoms with Crippen LogP contribution >= 0.6 is 0 Å². The number of hydrogen-bond acceptors (Lipinski definition) is 3. The second-order valence-electron chi connectivity index (χ2n) is 7.60. The molecule has 3 aromatic carbocycles. The van der Waals surface area contributed by atoms with Gasteiger partial charge < -0.3 is 4.74 Å². The molecule has 0 saturated carbocycles. The predicted octanol–water partition coefficient (Wildman–Crippen LogP) is 5.15. The number of benzene rings is 3. The summed E-state index contributed by atoms with van der Waals surface area (Å²) in [4.78, 5) is 15.0. The van der Waals surface area contributed by atoms with E-state index in [0.29, 0.717) is 6.42 Å². The smallest absolute Gasteiger partial charge is 0.189 e. The molecule has 3 nitrogen and oxygen atoms in total. The summed E-state index contributed by atoms with van der Waals surface area (Å²) in [5.74, 6) is 0.827. The number of ether oxygens (including phenoxy) is 1. The lowest BCUT2D eigenvalue weighted by molar-refractivity contribution is 0.104. The molecule has 146 valence electrons. The first-order chi connectivity index (χ1) is 14.1. The van der Waals surface area contributed by atoms with Crippen LogP contribution < -0.4 is 4.74 Å². The Balaban J connectivity index is 1.42. The number of carbonyl (C=O) groups is 1. The van der Waals surface area contributed by atoms with Crippen LogP contribution in [-0.2, 0) is 19.5 Å². The van der Waals surface area contributed by atoms with Crippen molar-refractivity contribution in [2.75, 3.05) is 14.2 Å². The van der Waals surface area contributed by atoms with Gasteiger partial charge in [-0.2, -0.15) is 0 Å². The van der Waals surface area contributed by atoms with Crippen LogP contribution in [0.1, 0.15) is 32.6 Å². The molecule has 1 aliphatic rings. The fourth-order valence-corrected chi connectivity index (χ4v) is 3.81. The molecule has 0 aliphatic heterocycles. The zero-order valence-electron chi connectivity index (χ0n) is 16.9. The molecule has 0 heterocycles. The predicted molar refractivity (Wildman–Crippen MR) is 117 cm³/mol. The molecule has 0 amide bonds. The van der Waals surface area contributed by atoms with Crippen LogP contribution in [-0.4, -0.2) is 24.8 Å². The molecule has 3 aromatic rings. The maximum atomic E-state index is 12.7. The number of ketones is 1. The number of carbonyl (C=O) groups excluding carboxylic acids is 1. The number of fused-ring (bicyclic) bond motifs is 1. The molecule has 0 aromatic heterocycles. The Morgan fingerprint density at radius 1 is 0.931 bits per heavy atom. The van der Waals surface area contributed by atoms with Gasteiger partial charge in [0, 0.05) is 30.6 Å². The molecule has 0 unspecified atom stereocenters. The van der Waals surface area contributed by atoms with Gasteiger partial charge in [0.25, 0.3) is 0 Å². The number of allylic oxidation sites excluding steroid dienone is 1. The van der Waals surface area contributed by atoms with Gasteiger partial charge in [-0.3, -0.25) is 9.69 Å². The molecule has 0 atom stereocenters. The minimum Gasteiger partial charge on any atom is -0.497 e. The Hall–Kier alpha value is -3.17. The van der Waals surface area contributed by atoms with E-state index in [1.165, 1.54) is 11.1 Å².